The van der Waals surface area contributed by atoms with E-state index < -0.39 is 0 Å². The van der Waals surface area contributed by atoms with Crippen molar-refractivity contribution in [3.05, 3.63) is 58.9 Å². The highest BCUT2D eigenvalue weighted by atomic mass is 16.3. The van der Waals surface area contributed by atoms with Gasteiger partial charge >= 0.3 is 0 Å². The Balaban J connectivity index is 1.79. The molecule has 2 N–H and O–H groups in total. The van der Waals surface area contributed by atoms with Crippen molar-refractivity contribution in [1.29, 1.82) is 0 Å². The molecule has 0 aliphatic heterocycles. The number of aromatic nitrogens is 2. The van der Waals surface area contributed by atoms with Crippen LogP contribution in [0.2, 0.25) is 0 Å². The van der Waals surface area contributed by atoms with Gasteiger partial charge in [-0.2, -0.15) is 5.10 Å². The van der Waals surface area contributed by atoms with Gasteiger partial charge in [0.25, 0.3) is 0 Å². The fourth-order valence-corrected chi connectivity index (χ4v) is 2.05. The highest BCUT2D eigenvalue weighted by molar-refractivity contribution is 5.91. The molecule has 0 spiro atoms. The van der Waals surface area contributed by atoms with Crippen molar-refractivity contribution in [2.75, 3.05) is 6.54 Å². The number of aryl methyl sites for hydroxylation is 1. The molecule has 1 aromatic carbocycles. The standard InChI is InChI=1S/C17H21N3O2/c1-13-16(11-19-20(13)2)7-8-17(22)18-10-9-14-3-5-15(12-21)6-4-14/h3-8,11,21H,9-10,12H2,1-2H3,(H,18,22)/b8-7+. The molecule has 2 aromatic rings. The normalized spacial score (nSPS) is 11.0. The maximum atomic E-state index is 11.8. The van der Waals surface area contributed by atoms with Crippen molar-refractivity contribution in [2.24, 2.45) is 7.05 Å². The summed E-state index contributed by atoms with van der Waals surface area (Å²) in [7, 11) is 1.87. The van der Waals surface area contributed by atoms with E-state index in [2.05, 4.69) is 10.4 Å². The topological polar surface area (TPSA) is 67.2 Å². The van der Waals surface area contributed by atoms with Crippen LogP contribution in [-0.4, -0.2) is 27.3 Å². The van der Waals surface area contributed by atoms with Gasteiger partial charge in [0.1, 0.15) is 0 Å². The number of amides is 1. The third-order valence-corrected chi connectivity index (χ3v) is 3.61. The first-order valence-electron chi connectivity index (χ1n) is 7.23. The molecule has 2 rings (SSSR count). The first kappa shape index (κ1) is 16.0. The number of benzene rings is 1. The number of carbonyl (C=O) groups is 1. The Kier molecular flexibility index (Phi) is 5.49. The number of hydrogen-bond donors (Lipinski definition) is 2. The van der Waals surface area contributed by atoms with Gasteiger partial charge in [0.2, 0.25) is 5.91 Å². The van der Waals surface area contributed by atoms with Gasteiger partial charge in [-0.15, -0.1) is 0 Å². The minimum atomic E-state index is -0.116. The summed E-state index contributed by atoms with van der Waals surface area (Å²) in [6.07, 6.45) is 5.80. The Bertz CT molecular complexity index is 657. The third kappa shape index (κ3) is 4.30. The zero-order valence-corrected chi connectivity index (χ0v) is 12.9. The molecule has 0 fully saturated rings. The van der Waals surface area contributed by atoms with Gasteiger partial charge in [-0.25, -0.2) is 0 Å². The van der Waals surface area contributed by atoms with E-state index in [1.54, 1.807) is 17.0 Å². The lowest BCUT2D eigenvalue weighted by Crippen LogP contribution is -2.23. The van der Waals surface area contributed by atoms with Crippen molar-refractivity contribution in [3.63, 3.8) is 0 Å². The fraction of sp³-hybridized carbons (Fsp3) is 0.294. The summed E-state index contributed by atoms with van der Waals surface area (Å²) in [5, 5.41) is 16.0. The van der Waals surface area contributed by atoms with E-state index in [0.717, 1.165) is 28.8 Å². The Labute approximate surface area is 130 Å². The predicted octanol–water partition coefficient (Wildman–Crippen LogP) is 1.59. The smallest absolute Gasteiger partial charge is 0.244 e. The predicted molar refractivity (Wildman–Crippen MR) is 86.1 cm³/mol. The minimum Gasteiger partial charge on any atom is -0.392 e. The summed E-state index contributed by atoms with van der Waals surface area (Å²) in [4.78, 5) is 11.8. The zero-order valence-electron chi connectivity index (χ0n) is 12.9. The van der Waals surface area contributed by atoms with Gasteiger partial charge in [-0.3, -0.25) is 9.48 Å². The van der Waals surface area contributed by atoms with Crippen molar-refractivity contribution in [1.82, 2.24) is 15.1 Å². The maximum Gasteiger partial charge on any atom is 0.244 e. The summed E-state index contributed by atoms with van der Waals surface area (Å²) in [6.45, 7) is 2.59. The van der Waals surface area contributed by atoms with E-state index in [1.807, 2.05) is 38.2 Å². The molecule has 1 heterocycles. The lowest BCUT2D eigenvalue weighted by molar-refractivity contribution is -0.116. The van der Waals surface area contributed by atoms with Gasteiger partial charge in [0.15, 0.2) is 0 Å². The van der Waals surface area contributed by atoms with Gasteiger partial charge in [0.05, 0.1) is 12.8 Å². The van der Waals surface area contributed by atoms with Crippen LogP contribution < -0.4 is 5.32 Å². The average Bonchev–Trinajstić information content (AvgIpc) is 2.85. The van der Waals surface area contributed by atoms with Crippen LogP contribution in [0.25, 0.3) is 6.08 Å². The molecule has 1 aromatic heterocycles. The van der Waals surface area contributed by atoms with Gasteiger partial charge in [0, 0.05) is 30.9 Å². The summed E-state index contributed by atoms with van der Waals surface area (Å²) in [5.41, 5.74) is 3.98. The van der Waals surface area contributed by atoms with Crippen molar-refractivity contribution >= 4 is 12.0 Å². The van der Waals surface area contributed by atoms with Crippen LogP contribution in [0, 0.1) is 6.92 Å². The number of aliphatic hydroxyl groups is 1. The Morgan fingerprint density at radius 3 is 2.59 bits per heavy atom. The van der Waals surface area contributed by atoms with E-state index >= 15 is 0 Å². The highest BCUT2D eigenvalue weighted by Crippen LogP contribution is 2.07. The number of carbonyl (C=O) groups excluding carboxylic acids is 1. The SMILES string of the molecule is Cc1c(/C=C/C(=O)NCCc2ccc(CO)cc2)cnn1C. The molecular formula is C17H21N3O2. The number of nitrogens with one attached hydrogen (secondary N) is 1. The molecular weight excluding hydrogens is 278 g/mol. The van der Waals surface area contributed by atoms with E-state index in [-0.39, 0.29) is 12.5 Å². The van der Waals surface area contributed by atoms with Crippen LogP contribution in [-0.2, 0) is 24.9 Å². The largest absolute Gasteiger partial charge is 0.392 e. The van der Waals surface area contributed by atoms with E-state index in [1.165, 1.54) is 6.08 Å². The number of hydrogen-bond acceptors (Lipinski definition) is 3. The van der Waals surface area contributed by atoms with Crippen molar-refractivity contribution in [3.8, 4) is 0 Å². The van der Waals surface area contributed by atoms with Crippen LogP contribution in [0.3, 0.4) is 0 Å². The molecule has 0 bridgehead atoms. The highest BCUT2D eigenvalue weighted by Gasteiger charge is 2.01. The Hall–Kier alpha value is -2.40. The summed E-state index contributed by atoms with van der Waals surface area (Å²) >= 11 is 0. The lowest BCUT2D eigenvalue weighted by Gasteiger charge is -2.04. The summed E-state index contributed by atoms with van der Waals surface area (Å²) < 4.78 is 1.77. The lowest BCUT2D eigenvalue weighted by atomic mass is 10.1. The average molecular weight is 299 g/mol. The number of rotatable bonds is 6. The van der Waals surface area contributed by atoms with Crippen LogP contribution in [0.1, 0.15) is 22.4 Å². The van der Waals surface area contributed by atoms with Crippen LogP contribution in [0.4, 0.5) is 0 Å². The molecule has 22 heavy (non-hydrogen) atoms. The molecule has 0 saturated carbocycles. The van der Waals surface area contributed by atoms with Crippen LogP contribution in [0.15, 0.2) is 36.5 Å². The van der Waals surface area contributed by atoms with E-state index in [9.17, 15) is 4.79 Å². The quantitative estimate of drug-likeness (QED) is 0.796. The minimum absolute atomic E-state index is 0.0512. The van der Waals surface area contributed by atoms with Crippen LogP contribution in [0.5, 0.6) is 0 Å². The molecule has 0 unspecified atom stereocenters. The first-order chi connectivity index (χ1) is 10.6. The van der Waals surface area contributed by atoms with Gasteiger partial charge in [-0.1, -0.05) is 24.3 Å². The van der Waals surface area contributed by atoms with Crippen molar-refractivity contribution < 1.29 is 9.90 Å². The van der Waals surface area contributed by atoms with Crippen molar-refractivity contribution in [2.45, 2.75) is 20.0 Å². The molecule has 0 saturated heterocycles. The number of nitrogens with zero attached hydrogens (tertiary/aromatic N) is 2. The second-order valence-corrected chi connectivity index (χ2v) is 5.16. The molecule has 0 radical (unpaired) electrons. The first-order valence-corrected chi connectivity index (χ1v) is 7.23. The molecule has 5 heteroatoms. The molecule has 1 amide bonds. The molecule has 5 nitrogen and oxygen atoms in total. The second kappa shape index (κ2) is 7.56. The molecule has 0 aliphatic carbocycles. The molecule has 116 valence electrons. The van der Waals surface area contributed by atoms with E-state index in [4.69, 9.17) is 5.11 Å². The maximum absolute atomic E-state index is 11.8. The van der Waals surface area contributed by atoms with E-state index in [0.29, 0.717) is 6.54 Å². The number of aliphatic hydroxyl groups excluding tert-OH is 1. The Morgan fingerprint density at radius 2 is 2.00 bits per heavy atom. The summed E-state index contributed by atoms with van der Waals surface area (Å²) in [5.74, 6) is -0.116. The third-order valence-electron chi connectivity index (χ3n) is 3.61. The van der Waals surface area contributed by atoms with Crippen LogP contribution >= 0.6 is 0 Å². The van der Waals surface area contributed by atoms with Gasteiger partial charge < -0.3 is 10.4 Å². The second-order valence-electron chi connectivity index (χ2n) is 5.16. The Morgan fingerprint density at radius 1 is 1.32 bits per heavy atom. The molecule has 0 aliphatic rings. The zero-order chi connectivity index (χ0) is 15.9. The summed E-state index contributed by atoms with van der Waals surface area (Å²) in [6, 6.07) is 7.71. The molecule has 0 atom stereocenters. The van der Waals surface area contributed by atoms with Gasteiger partial charge in [-0.05, 0) is 30.5 Å². The monoisotopic (exact) mass is 299 g/mol. The fourth-order valence-electron chi connectivity index (χ4n) is 2.05.